The molecule has 7 heteroatoms. The Labute approximate surface area is 124 Å². The van der Waals surface area contributed by atoms with Crippen molar-refractivity contribution >= 4 is 33.9 Å². The molecule has 0 aromatic heterocycles. The van der Waals surface area contributed by atoms with Gasteiger partial charge < -0.3 is 15.4 Å². The summed E-state index contributed by atoms with van der Waals surface area (Å²) in [5.74, 6) is -0.732. The van der Waals surface area contributed by atoms with Gasteiger partial charge in [0.15, 0.2) is 0 Å². The number of hydrogen-bond acceptors (Lipinski definition) is 4. The quantitative estimate of drug-likeness (QED) is 0.484. The fourth-order valence-corrected chi connectivity index (χ4v) is 2.06. The van der Waals surface area contributed by atoms with Crippen molar-refractivity contribution in [3.8, 4) is 0 Å². The standard InChI is InChI=1S/C13H13BrN2O4/c14-9-5-3-8(4-6-9)11(17)15-7-1-2-10-12(18)20-13(19)16-10/h3-6,10H,1-2,7H2,(H,15,17)(H,16,19)/t10-/m0/s1. The highest BCUT2D eigenvalue weighted by Crippen LogP contribution is 2.10. The molecule has 1 aliphatic rings. The molecule has 0 radical (unpaired) electrons. The first-order valence-electron chi connectivity index (χ1n) is 6.12. The highest BCUT2D eigenvalue weighted by atomic mass is 79.9. The number of ether oxygens (including phenoxy) is 1. The van der Waals surface area contributed by atoms with Crippen molar-refractivity contribution in [2.24, 2.45) is 0 Å². The van der Waals surface area contributed by atoms with Gasteiger partial charge in [-0.15, -0.1) is 0 Å². The average molecular weight is 341 g/mol. The van der Waals surface area contributed by atoms with E-state index in [4.69, 9.17) is 0 Å². The molecule has 2 N–H and O–H groups in total. The molecule has 6 nitrogen and oxygen atoms in total. The van der Waals surface area contributed by atoms with Crippen molar-refractivity contribution < 1.29 is 19.1 Å². The largest absolute Gasteiger partial charge is 0.415 e. The van der Waals surface area contributed by atoms with Gasteiger partial charge in [0.05, 0.1) is 0 Å². The summed E-state index contributed by atoms with van der Waals surface area (Å²) in [4.78, 5) is 33.7. The second-order valence-electron chi connectivity index (χ2n) is 4.31. The monoisotopic (exact) mass is 340 g/mol. The van der Waals surface area contributed by atoms with E-state index in [1.807, 2.05) is 0 Å². The second kappa shape index (κ2) is 6.51. The van der Waals surface area contributed by atoms with E-state index in [1.165, 1.54) is 0 Å². The summed E-state index contributed by atoms with van der Waals surface area (Å²) in [6.45, 7) is 0.425. The third-order valence-electron chi connectivity index (χ3n) is 2.83. The maximum Gasteiger partial charge on any atom is 0.415 e. The first-order valence-corrected chi connectivity index (χ1v) is 6.91. The van der Waals surface area contributed by atoms with Gasteiger partial charge in [-0.3, -0.25) is 4.79 Å². The molecular weight excluding hydrogens is 328 g/mol. The van der Waals surface area contributed by atoms with Crippen molar-refractivity contribution in [1.82, 2.24) is 10.6 Å². The lowest BCUT2D eigenvalue weighted by Crippen LogP contribution is -2.31. The van der Waals surface area contributed by atoms with Crippen molar-refractivity contribution in [3.63, 3.8) is 0 Å². The number of nitrogens with one attached hydrogen (secondary N) is 2. The topological polar surface area (TPSA) is 84.5 Å². The number of esters is 1. The molecule has 106 valence electrons. The molecule has 2 rings (SSSR count). The zero-order valence-electron chi connectivity index (χ0n) is 10.5. The van der Waals surface area contributed by atoms with Gasteiger partial charge in [-0.25, -0.2) is 9.59 Å². The summed E-state index contributed by atoms with van der Waals surface area (Å²) in [5, 5.41) is 5.15. The van der Waals surface area contributed by atoms with Crippen LogP contribution in [0.3, 0.4) is 0 Å². The van der Waals surface area contributed by atoms with Crippen LogP contribution in [-0.2, 0) is 9.53 Å². The number of amides is 2. The number of benzene rings is 1. The number of cyclic esters (lactones) is 2. The number of carbonyl (C=O) groups is 3. The molecule has 0 spiro atoms. The van der Waals surface area contributed by atoms with Crippen LogP contribution in [0.15, 0.2) is 28.7 Å². The predicted octanol–water partition coefficient (Wildman–Crippen LogP) is 1.59. The maximum atomic E-state index is 11.8. The van der Waals surface area contributed by atoms with Crippen LogP contribution in [0.5, 0.6) is 0 Å². The van der Waals surface area contributed by atoms with Crippen LogP contribution in [0.4, 0.5) is 4.79 Å². The number of hydrogen-bond donors (Lipinski definition) is 2. The fourth-order valence-electron chi connectivity index (χ4n) is 1.79. The summed E-state index contributed by atoms with van der Waals surface area (Å²) in [7, 11) is 0. The lowest BCUT2D eigenvalue weighted by Gasteiger charge is -2.07. The molecule has 1 aromatic carbocycles. The van der Waals surface area contributed by atoms with Gasteiger partial charge in [0, 0.05) is 16.6 Å². The van der Waals surface area contributed by atoms with Crippen molar-refractivity contribution in [2.75, 3.05) is 6.54 Å². The molecular formula is C13H13BrN2O4. The smallest absolute Gasteiger partial charge is 0.375 e. The Morgan fingerprint density at radius 3 is 2.60 bits per heavy atom. The molecule has 1 saturated heterocycles. The molecule has 1 fully saturated rings. The summed E-state index contributed by atoms with van der Waals surface area (Å²) >= 11 is 3.30. The number of rotatable bonds is 5. The van der Waals surface area contributed by atoms with Crippen LogP contribution < -0.4 is 10.6 Å². The van der Waals surface area contributed by atoms with E-state index in [9.17, 15) is 14.4 Å². The van der Waals surface area contributed by atoms with Crippen molar-refractivity contribution in [3.05, 3.63) is 34.3 Å². The lowest BCUT2D eigenvalue weighted by molar-refractivity contribution is -0.135. The van der Waals surface area contributed by atoms with E-state index in [0.717, 1.165) is 4.47 Å². The lowest BCUT2D eigenvalue weighted by atomic mass is 10.1. The Bertz CT molecular complexity index is 530. The van der Waals surface area contributed by atoms with Crippen LogP contribution in [0.25, 0.3) is 0 Å². The molecule has 1 heterocycles. The first-order chi connectivity index (χ1) is 9.56. The Hall–Kier alpha value is -1.89. The van der Waals surface area contributed by atoms with Gasteiger partial charge in [0.2, 0.25) is 0 Å². The van der Waals surface area contributed by atoms with Crippen LogP contribution in [0.2, 0.25) is 0 Å². The minimum absolute atomic E-state index is 0.171. The van der Waals surface area contributed by atoms with Crippen LogP contribution in [-0.4, -0.2) is 30.6 Å². The summed E-state index contributed by atoms with van der Waals surface area (Å²) in [6, 6.07) is 6.41. The Kier molecular flexibility index (Phi) is 4.73. The average Bonchev–Trinajstić information content (AvgIpc) is 2.73. The Balaban J connectivity index is 1.71. The predicted molar refractivity (Wildman–Crippen MR) is 74.1 cm³/mol. The molecule has 0 saturated carbocycles. The van der Waals surface area contributed by atoms with Gasteiger partial charge in [-0.2, -0.15) is 0 Å². The fraction of sp³-hybridized carbons (Fsp3) is 0.308. The Morgan fingerprint density at radius 1 is 1.30 bits per heavy atom. The van der Waals surface area contributed by atoms with Gasteiger partial charge in [-0.1, -0.05) is 15.9 Å². The molecule has 1 atom stereocenters. The van der Waals surface area contributed by atoms with Gasteiger partial charge in [0.25, 0.3) is 5.91 Å². The van der Waals surface area contributed by atoms with E-state index in [1.54, 1.807) is 24.3 Å². The molecule has 2 amide bonds. The SMILES string of the molecule is O=C1N[C@@H](CCCNC(=O)c2ccc(Br)cc2)C(=O)O1. The van der Waals surface area contributed by atoms with E-state index in [-0.39, 0.29) is 5.91 Å². The normalized spacial score (nSPS) is 17.6. The first kappa shape index (κ1) is 14.5. The van der Waals surface area contributed by atoms with Crippen molar-refractivity contribution in [2.45, 2.75) is 18.9 Å². The summed E-state index contributed by atoms with van der Waals surface area (Å²) < 4.78 is 5.26. The third-order valence-corrected chi connectivity index (χ3v) is 3.36. The zero-order valence-corrected chi connectivity index (χ0v) is 12.1. The molecule has 0 unspecified atom stereocenters. The van der Waals surface area contributed by atoms with Crippen LogP contribution >= 0.6 is 15.9 Å². The van der Waals surface area contributed by atoms with E-state index in [0.29, 0.717) is 24.9 Å². The van der Waals surface area contributed by atoms with Crippen molar-refractivity contribution in [1.29, 1.82) is 0 Å². The molecule has 1 aliphatic heterocycles. The minimum atomic E-state index is -0.709. The van der Waals surface area contributed by atoms with E-state index in [2.05, 4.69) is 31.3 Å². The Morgan fingerprint density at radius 2 is 2.00 bits per heavy atom. The molecule has 1 aromatic rings. The van der Waals surface area contributed by atoms with Gasteiger partial charge in [-0.05, 0) is 37.1 Å². The molecule has 20 heavy (non-hydrogen) atoms. The highest BCUT2D eigenvalue weighted by Gasteiger charge is 2.31. The second-order valence-corrected chi connectivity index (χ2v) is 5.23. The van der Waals surface area contributed by atoms with Gasteiger partial charge in [0.1, 0.15) is 6.04 Å². The van der Waals surface area contributed by atoms with Crippen LogP contribution in [0, 0.1) is 0 Å². The van der Waals surface area contributed by atoms with E-state index >= 15 is 0 Å². The number of carbonyl (C=O) groups excluding carboxylic acids is 3. The maximum absolute atomic E-state index is 11.8. The zero-order chi connectivity index (χ0) is 14.5. The summed E-state index contributed by atoms with van der Waals surface area (Å²) in [5.41, 5.74) is 0.571. The van der Waals surface area contributed by atoms with E-state index < -0.39 is 18.1 Å². The van der Waals surface area contributed by atoms with Gasteiger partial charge >= 0.3 is 12.1 Å². The minimum Gasteiger partial charge on any atom is -0.375 e. The molecule has 0 bridgehead atoms. The number of halogens is 1. The third kappa shape index (κ3) is 3.80. The number of alkyl carbamates (subject to hydrolysis) is 1. The molecule has 0 aliphatic carbocycles. The van der Waals surface area contributed by atoms with Crippen LogP contribution in [0.1, 0.15) is 23.2 Å². The summed E-state index contributed by atoms with van der Waals surface area (Å²) in [6.07, 6.45) is 0.298. The highest BCUT2D eigenvalue weighted by molar-refractivity contribution is 9.10.